The zero-order chi connectivity index (χ0) is 27.7. The molecule has 4 aromatic rings. The van der Waals surface area contributed by atoms with Crippen LogP contribution in [0, 0.1) is 12.8 Å². The molecule has 0 saturated carbocycles. The van der Waals surface area contributed by atoms with Crippen molar-refractivity contribution in [2.75, 3.05) is 6.61 Å². The second-order valence-electron chi connectivity index (χ2n) is 10.0. The zero-order valence-electron chi connectivity index (χ0n) is 22.2. The van der Waals surface area contributed by atoms with Crippen molar-refractivity contribution >= 4 is 38.8 Å². The van der Waals surface area contributed by atoms with Gasteiger partial charge in [0.25, 0.3) is 5.79 Å². The minimum absolute atomic E-state index is 0.348. The quantitative estimate of drug-likeness (QED) is 0.179. The number of hydrogen-bond acceptors (Lipinski definition) is 6. The van der Waals surface area contributed by atoms with Crippen molar-refractivity contribution in [3.63, 3.8) is 0 Å². The minimum Gasteiger partial charge on any atom is -0.490 e. The van der Waals surface area contributed by atoms with Crippen LogP contribution in [0.2, 0.25) is 0 Å². The Labute approximate surface area is 235 Å². The summed E-state index contributed by atoms with van der Waals surface area (Å²) in [7, 11) is 0. The highest BCUT2D eigenvalue weighted by atomic mass is 79.9. The lowest BCUT2D eigenvalue weighted by Crippen LogP contribution is -2.48. The number of halogens is 1. The molecule has 0 spiro atoms. The lowest BCUT2D eigenvalue weighted by Gasteiger charge is -2.36. The number of nitrogens with one attached hydrogen (secondary N) is 1. The van der Waals surface area contributed by atoms with Crippen LogP contribution in [0.5, 0.6) is 11.5 Å². The lowest BCUT2D eigenvalue weighted by molar-refractivity contribution is -0.240. The zero-order valence-corrected chi connectivity index (χ0v) is 23.8. The summed E-state index contributed by atoms with van der Waals surface area (Å²) in [4.78, 5) is 29.9. The molecule has 1 saturated heterocycles. The molecule has 1 atom stereocenters. The number of ether oxygens (including phenoxy) is 4. The van der Waals surface area contributed by atoms with Crippen LogP contribution < -0.4 is 9.47 Å². The summed E-state index contributed by atoms with van der Waals surface area (Å²) in [6.45, 7) is 7.76. The molecule has 0 aliphatic carbocycles. The van der Waals surface area contributed by atoms with Crippen LogP contribution in [0.4, 0.5) is 0 Å². The van der Waals surface area contributed by atoms with E-state index in [1.807, 2.05) is 80.7 Å². The van der Waals surface area contributed by atoms with Gasteiger partial charge in [0.1, 0.15) is 6.61 Å². The smallest absolute Gasteiger partial charge is 0.324 e. The molecule has 0 radical (unpaired) electrons. The number of aromatic amines is 1. The molecule has 202 valence electrons. The van der Waals surface area contributed by atoms with E-state index in [1.54, 1.807) is 13.8 Å². The third-order valence-electron chi connectivity index (χ3n) is 6.68. The van der Waals surface area contributed by atoms with Gasteiger partial charge in [0.2, 0.25) is 0 Å². The van der Waals surface area contributed by atoms with Gasteiger partial charge in [-0.15, -0.1) is 0 Å². The highest BCUT2D eigenvalue weighted by Gasteiger charge is 2.49. The van der Waals surface area contributed by atoms with Gasteiger partial charge in [-0.3, -0.25) is 9.59 Å². The maximum absolute atomic E-state index is 13.3. The molecule has 8 heteroatoms. The average Bonchev–Trinajstić information content (AvgIpc) is 3.30. The summed E-state index contributed by atoms with van der Waals surface area (Å²) in [5, 5.41) is 0.890. The number of carbonyl (C=O) groups is 2. The third-order valence-corrected chi connectivity index (χ3v) is 7.27. The number of H-pyrrole nitrogens is 1. The number of cyclic esters (lactones) is 2. The van der Waals surface area contributed by atoms with Crippen molar-refractivity contribution in [1.29, 1.82) is 0 Å². The molecule has 0 amide bonds. The molecule has 1 aliphatic heterocycles. The Hall–Kier alpha value is -3.78. The van der Waals surface area contributed by atoms with Gasteiger partial charge in [0.15, 0.2) is 17.4 Å². The summed E-state index contributed by atoms with van der Waals surface area (Å²) in [6.07, 6.45) is 1.83. The number of para-hydroxylation sites is 1. The predicted octanol–water partition coefficient (Wildman–Crippen LogP) is 6.80. The van der Waals surface area contributed by atoms with Crippen molar-refractivity contribution in [2.24, 2.45) is 5.92 Å². The van der Waals surface area contributed by atoms with E-state index in [4.69, 9.17) is 18.9 Å². The van der Waals surface area contributed by atoms with E-state index < -0.39 is 29.6 Å². The second kappa shape index (κ2) is 10.8. The standard InChI is InChI=1S/C31H30BrNO6/c1-5-36-25-15-20(14-23(32)28(25)37-17-19-12-10-18(2)11-13-19)26(22-16-33-24-9-7-6-8-21(22)24)27-29(34)38-31(3,4)39-30(27)35/h6-16,26-27,33H,5,17H2,1-4H3/t26-/m1/s1. The summed E-state index contributed by atoms with van der Waals surface area (Å²) >= 11 is 3.66. The Morgan fingerprint density at radius 1 is 1.00 bits per heavy atom. The van der Waals surface area contributed by atoms with Gasteiger partial charge in [0, 0.05) is 36.9 Å². The van der Waals surface area contributed by atoms with Crippen LogP contribution in [0.1, 0.15) is 48.9 Å². The maximum atomic E-state index is 13.3. The molecule has 1 N–H and O–H groups in total. The van der Waals surface area contributed by atoms with E-state index >= 15 is 0 Å². The number of hydrogen-bond donors (Lipinski definition) is 1. The number of rotatable bonds is 8. The second-order valence-corrected chi connectivity index (χ2v) is 10.9. The number of esters is 2. The van der Waals surface area contributed by atoms with Crippen molar-refractivity contribution in [2.45, 2.75) is 46.0 Å². The van der Waals surface area contributed by atoms with Crippen LogP contribution in [0.25, 0.3) is 10.9 Å². The van der Waals surface area contributed by atoms with Crippen LogP contribution in [0.3, 0.4) is 0 Å². The number of carbonyl (C=O) groups excluding carboxylic acids is 2. The van der Waals surface area contributed by atoms with Crippen molar-refractivity contribution in [3.05, 3.63) is 93.6 Å². The molecular formula is C31H30BrNO6. The van der Waals surface area contributed by atoms with Gasteiger partial charge in [0.05, 0.1) is 11.1 Å². The molecule has 39 heavy (non-hydrogen) atoms. The first-order valence-electron chi connectivity index (χ1n) is 12.8. The SMILES string of the molecule is CCOc1cc([C@H](c2c[nH]c3ccccc23)C2C(=O)OC(C)(C)OC2=O)cc(Br)c1OCc1ccc(C)cc1. The molecule has 2 heterocycles. The summed E-state index contributed by atoms with van der Waals surface area (Å²) < 4.78 is 23.9. The van der Waals surface area contributed by atoms with Crippen LogP contribution in [0.15, 0.2) is 71.3 Å². The molecule has 5 rings (SSSR count). The number of benzene rings is 3. The molecule has 7 nitrogen and oxygen atoms in total. The minimum atomic E-state index is -1.33. The lowest BCUT2D eigenvalue weighted by atomic mass is 9.80. The summed E-state index contributed by atoms with van der Waals surface area (Å²) in [5.74, 6) is -3.50. The van der Waals surface area contributed by atoms with Gasteiger partial charge < -0.3 is 23.9 Å². The summed E-state index contributed by atoms with van der Waals surface area (Å²) in [6, 6.07) is 19.5. The van der Waals surface area contributed by atoms with E-state index in [2.05, 4.69) is 20.9 Å². The first kappa shape index (κ1) is 26.8. The number of fused-ring (bicyclic) bond motifs is 1. The van der Waals surface area contributed by atoms with Crippen molar-refractivity contribution in [3.8, 4) is 11.5 Å². The molecule has 1 aliphatic rings. The fourth-order valence-corrected chi connectivity index (χ4v) is 5.49. The Bertz CT molecular complexity index is 1500. The fraction of sp³-hybridized carbons (Fsp3) is 0.290. The Morgan fingerprint density at radius 2 is 1.69 bits per heavy atom. The highest BCUT2D eigenvalue weighted by molar-refractivity contribution is 9.10. The molecule has 0 bridgehead atoms. The third kappa shape index (κ3) is 5.52. The molecule has 1 aromatic heterocycles. The van der Waals surface area contributed by atoms with E-state index in [0.717, 1.165) is 22.0 Å². The number of aryl methyl sites for hydroxylation is 1. The average molecular weight is 592 g/mol. The van der Waals surface area contributed by atoms with Gasteiger partial charge in [-0.25, -0.2) is 0 Å². The highest BCUT2D eigenvalue weighted by Crippen LogP contribution is 2.45. The summed E-state index contributed by atoms with van der Waals surface area (Å²) in [5.41, 5.74) is 4.53. The van der Waals surface area contributed by atoms with Gasteiger partial charge in [-0.05, 0) is 64.7 Å². The monoisotopic (exact) mass is 591 g/mol. The molecular weight excluding hydrogens is 562 g/mol. The maximum Gasteiger partial charge on any atom is 0.324 e. The normalized spacial score (nSPS) is 16.0. The molecule has 0 unspecified atom stereocenters. The molecule has 3 aromatic carbocycles. The van der Waals surface area contributed by atoms with Crippen molar-refractivity contribution in [1.82, 2.24) is 4.98 Å². The van der Waals surface area contributed by atoms with Gasteiger partial charge in [-0.2, -0.15) is 0 Å². The first-order valence-corrected chi connectivity index (χ1v) is 13.6. The Kier molecular flexibility index (Phi) is 7.40. The molecule has 1 fully saturated rings. The largest absolute Gasteiger partial charge is 0.490 e. The van der Waals surface area contributed by atoms with E-state index in [0.29, 0.717) is 34.7 Å². The van der Waals surface area contributed by atoms with Gasteiger partial charge in [-0.1, -0.05) is 48.0 Å². The predicted molar refractivity (Wildman–Crippen MR) is 151 cm³/mol. The fourth-order valence-electron chi connectivity index (χ4n) is 4.91. The van der Waals surface area contributed by atoms with E-state index in [-0.39, 0.29) is 0 Å². The van der Waals surface area contributed by atoms with Crippen LogP contribution >= 0.6 is 15.9 Å². The first-order chi connectivity index (χ1) is 18.7. The van der Waals surface area contributed by atoms with E-state index in [1.165, 1.54) is 5.56 Å². The Morgan fingerprint density at radius 3 is 2.38 bits per heavy atom. The van der Waals surface area contributed by atoms with E-state index in [9.17, 15) is 9.59 Å². The van der Waals surface area contributed by atoms with Crippen LogP contribution in [-0.4, -0.2) is 29.3 Å². The van der Waals surface area contributed by atoms with Crippen molar-refractivity contribution < 1.29 is 28.5 Å². The van der Waals surface area contributed by atoms with Gasteiger partial charge >= 0.3 is 11.9 Å². The number of aromatic nitrogens is 1. The topological polar surface area (TPSA) is 86.9 Å². The van der Waals surface area contributed by atoms with Crippen LogP contribution in [-0.2, 0) is 25.7 Å². The Balaban J connectivity index is 1.60.